The van der Waals surface area contributed by atoms with Crippen LogP contribution in [0.15, 0.2) is 65.1 Å². The van der Waals surface area contributed by atoms with Crippen LogP contribution in [-0.4, -0.2) is 33.4 Å². The van der Waals surface area contributed by atoms with Crippen LogP contribution in [0.5, 0.6) is 0 Å². The molecule has 5 nitrogen and oxygen atoms in total. The molecule has 148 valence electrons. The zero-order valence-electron chi connectivity index (χ0n) is 17.1. The molecule has 0 unspecified atom stereocenters. The molecule has 0 saturated heterocycles. The zero-order chi connectivity index (χ0) is 20.5. The first kappa shape index (κ1) is 19.2. The summed E-state index contributed by atoms with van der Waals surface area (Å²) >= 11 is 0. The van der Waals surface area contributed by atoms with Gasteiger partial charge in [0.15, 0.2) is 0 Å². The largest absolute Gasteiger partial charge is 0.456 e. The van der Waals surface area contributed by atoms with Crippen LogP contribution in [0.4, 0.5) is 5.69 Å². The molecule has 0 aromatic heterocycles. The van der Waals surface area contributed by atoms with E-state index in [1.165, 1.54) is 0 Å². The first-order valence-electron chi connectivity index (χ1n) is 9.52. The Morgan fingerprint density at radius 2 is 1.76 bits per heavy atom. The highest BCUT2D eigenvalue weighted by Gasteiger charge is 2.20. The molecular weight excluding hydrogens is 364 g/mol. The molecule has 0 bridgehead atoms. The fourth-order valence-corrected chi connectivity index (χ4v) is 3.67. The van der Waals surface area contributed by atoms with Crippen molar-refractivity contribution in [3.63, 3.8) is 0 Å². The van der Waals surface area contributed by atoms with E-state index in [1.807, 2.05) is 46.4 Å². The average Bonchev–Trinajstić information content (AvgIpc) is 2.72. The van der Waals surface area contributed by atoms with Gasteiger partial charge < -0.3 is 9.32 Å². The van der Waals surface area contributed by atoms with Gasteiger partial charge in [-0.25, -0.2) is 9.46 Å². The minimum Gasteiger partial charge on any atom is -0.456 e. The zero-order valence-corrected chi connectivity index (χ0v) is 17.1. The molecule has 0 radical (unpaired) electrons. The van der Waals surface area contributed by atoms with Crippen LogP contribution in [0.2, 0.25) is 0 Å². The van der Waals surface area contributed by atoms with Crippen molar-refractivity contribution in [2.45, 2.75) is 6.61 Å². The van der Waals surface area contributed by atoms with Crippen LogP contribution in [0, 0.1) is 0 Å². The normalized spacial score (nSPS) is 11.2. The first-order chi connectivity index (χ1) is 14.0. The second-order valence-electron chi connectivity index (χ2n) is 7.56. The molecule has 0 fully saturated rings. The van der Waals surface area contributed by atoms with Crippen molar-refractivity contribution in [2.75, 3.05) is 33.1 Å². The van der Waals surface area contributed by atoms with Gasteiger partial charge in [-0.05, 0) is 29.3 Å². The molecular formula is C24H25N2O3+. The molecule has 0 atom stereocenters. The fraction of sp³-hybridized carbons (Fsp3) is 0.208. The summed E-state index contributed by atoms with van der Waals surface area (Å²) in [6.45, 7) is 0.122. The van der Waals surface area contributed by atoms with Crippen molar-refractivity contribution in [3.8, 4) is 22.5 Å². The maximum absolute atomic E-state index is 9.08. The third-order valence-electron chi connectivity index (χ3n) is 5.23. The quantitative estimate of drug-likeness (QED) is 0.245. The average molecular weight is 389 g/mol. The Kier molecular flexibility index (Phi) is 5.09. The molecule has 2 aromatic carbocycles. The maximum Gasteiger partial charge on any atom is 0.203 e. The van der Waals surface area contributed by atoms with E-state index >= 15 is 0 Å². The molecule has 0 amide bonds. The van der Waals surface area contributed by atoms with E-state index in [4.69, 9.17) is 9.67 Å². The molecule has 4 rings (SSSR count). The summed E-state index contributed by atoms with van der Waals surface area (Å²) in [7, 11) is 8.06. The third-order valence-corrected chi connectivity index (χ3v) is 5.23. The number of hydrogen-bond acceptors (Lipinski definition) is 4. The van der Waals surface area contributed by atoms with Crippen LogP contribution in [0.1, 0.15) is 5.56 Å². The van der Waals surface area contributed by atoms with Crippen LogP contribution in [0.25, 0.3) is 33.4 Å². The lowest BCUT2D eigenvalue weighted by Crippen LogP contribution is -2.21. The summed E-state index contributed by atoms with van der Waals surface area (Å²) < 4.78 is 8.41. The van der Waals surface area contributed by atoms with Gasteiger partial charge in [-0.2, -0.15) is 0 Å². The van der Waals surface area contributed by atoms with Gasteiger partial charge in [-0.1, -0.05) is 24.3 Å². The van der Waals surface area contributed by atoms with Crippen LogP contribution in [0.3, 0.4) is 0 Å². The number of benzene rings is 3. The number of nitrogens with zero attached hydrogens (tertiary/aromatic N) is 2. The standard InChI is InChI=1S/C24H24N2O3/c1-25(2)17-9-11-20-22(13-17)29-23-14-18(26(3)4)10-12-21(23)24(20)19-8-6-5-7-16(19)15-28-27/h5-14H,15H2,1-4H3/p+1. The molecule has 5 heteroatoms. The van der Waals surface area contributed by atoms with Gasteiger partial charge in [0.25, 0.3) is 0 Å². The third kappa shape index (κ3) is 3.50. The van der Waals surface area contributed by atoms with Gasteiger partial charge in [0.2, 0.25) is 5.36 Å². The molecule has 1 heterocycles. The Labute approximate surface area is 170 Å². The summed E-state index contributed by atoms with van der Waals surface area (Å²) in [5, 5.41) is 11.2. The summed E-state index contributed by atoms with van der Waals surface area (Å²) in [4.78, 5) is 6.54. The Morgan fingerprint density at radius 1 is 0.966 bits per heavy atom. The molecule has 0 saturated carbocycles. The second kappa shape index (κ2) is 7.70. The van der Waals surface area contributed by atoms with Gasteiger partial charge in [0, 0.05) is 48.4 Å². The van der Waals surface area contributed by atoms with Crippen molar-refractivity contribution >= 4 is 16.7 Å². The second-order valence-corrected chi connectivity index (χ2v) is 7.56. The Hall–Kier alpha value is -3.15. The van der Waals surface area contributed by atoms with Gasteiger partial charge in [-0.15, -0.1) is 0 Å². The lowest BCUT2D eigenvalue weighted by molar-refractivity contribution is -0.252. The van der Waals surface area contributed by atoms with Crippen LogP contribution in [-0.2, 0) is 11.5 Å². The maximum atomic E-state index is 9.08. The smallest absolute Gasteiger partial charge is 0.203 e. The predicted octanol–water partition coefficient (Wildman–Crippen LogP) is 4.29. The minimum atomic E-state index is 0.122. The molecule has 2 aromatic rings. The highest BCUT2D eigenvalue weighted by Crippen LogP contribution is 2.41. The van der Waals surface area contributed by atoms with Crippen molar-refractivity contribution in [3.05, 3.63) is 71.6 Å². The van der Waals surface area contributed by atoms with Gasteiger partial charge in [-0.3, -0.25) is 5.26 Å². The molecule has 0 spiro atoms. The number of rotatable bonds is 4. The highest BCUT2D eigenvalue weighted by molar-refractivity contribution is 6.03. The molecule has 1 N–H and O–H groups in total. The number of anilines is 1. The number of fused-ring (bicyclic) bond motifs is 2. The first-order valence-corrected chi connectivity index (χ1v) is 9.52. The van der Waals surface area contributed by atoms with E-state index in [1.54, 1.807) is 0 Å². The van der Waals surface area contributed by atoms with E-state index in [0.717, 1.165) is 50.0 Å². The Bertz CT molecular complexity index is 1220. The SMILES string of the molecule is CN(C)c1ccc2c(-c3ccccc3COO)c3ccc(=[N+](C)C)cc-3oc2c1. The number of hydrogen-bond donors (Lipinski definition) is 1. The van der Waals surface area contributed by atoms with Crippen LogP contribution < -0.4 is 14.8 Å². The summed E-state index contributed by atoms with van der Waals surface area (Å²) in [6, 6.07) is 20.5. The monoisotopic (exact) mass is 389 g/mol. The molecule has 2 aliphatic rings. The lowest BCUT2D eigenvalue weighted by Gasteiger charge is -2.19. The topological polar surface area (TPSA) is 48.9 Å². The van der Waals surface area contributed by atoms with E-state index in [2.05, 4.69) is 56.8 Å². The van der Waals surface area contributed by atoms with E-state index < -0.39 is 0 Å². The summed E-state index contributed by atoms with van der Waals surface area (Å²) in [5.74, 6) is 0.814. The minimum absolute atomic E-state index is 0.122. The van der Waals surface area contributed by atoms with Crippen molar-refractivity contribution in [1.82, 2.24) is 4.58 Å². The van der Waals surface area contributed by atoms with Crippen molar-refractivity contribution in [1.29, 1.82) is 0 Å². The van der Waals surface area contributed by atoms with E-state index in [-0.39, 0.29) is 6.61 Å². The van der Waals surface area contributed by atoms with Gasteiger partial charge in [0.1, 0.15) is 32.0 Å². The van der Waals surface area contributed by atoms with E-state index in [0.29, 0.717) is 0 Å². The summed E-state index contributed by atoms with van der Waals surface area (Å²) in [5.41, 5.74) is 5.91. The van der Waals surface area contributed by atoms with Crippen LogP contribution >= 0.6 is 0 Å². The Morgan fingerprint density at radius 3 is 2.48 bits per heavy atom. The highest BCUT2D eigenvalue weighted by atomic mass is 17.1. The summed E-state index contributed by atoms with van der Waals surface area (Å²) in [6.07, 6.45) is 0. The molecule has 29 heavy (non-hydrogen) atoms. The fourth-order valence-electron chi connectivity index (χ4n) is 3.67. The Balaban J connectivity index is 2.14. The van der Waals surface area contributed by atoms with E-state index in [9.17, 15) is 0 Å². The van der Waals surface area contributed by atoms with Crippen molar-refractivity contribution in [2.24, 2.45) is 0 Å². The molecule has 1 aliphatic carbocycles. The van der Waals surface area contributed by atoms with Crippen molar-refractivity contribution < 1.29 is 14.6 Å². The predicted molar refractivity (Wildman–Crippen MR) is 117 cm³/mol. The van der Waals surface area contributed by atoms with Gasteiger partial charge in [0.05, 0.1) is 6.07 Å². The van der Waals surface area contributed by atoms with Gasteiger partial charge >= 0.3 is 0 Å². The lowest BCUT2D eigenvalue weighted by atomic mass is 9.91. The molecule has 1 aliphatic heterocycles.